The standard InChI is InChI=1S/C20H22F2N2O5S/c21-20(22)29-16-8-6-14(7-9-16)12-23-19(25)15-3-1-5-18(11-15)30(26,27)24-13-17-4-2-10-28-17/h1,3,5-9,11,17,20,24H,2,4,10,12-13H2,(H,23,25). The average Bonchev–Trinajstić information content (AvgIpc) is 3.25. The third kappa shape index (κ3) is 6.22. The smallest absolute Gasteiger partial charge is 0.387 e. The molecule has 0 radical (unpaired) electrons. The molecule has 1 saturated heterocycles. The molecule has 10 heteroatoms. The molecule has 162 valence electrons. The minimum Gasteiger partial charge on any atom is -0.435 e. The van der Waals surface area contributed by atoms with Crippen LogP contribution in [0.2, 0.25) is 0 Å². The highest BCUT2D eigenvalue weighted by atomic mass is 32.2. The van der Waals surface area contributed by atoms with Gasteiger partial charge in [0.15, 0.2) is 0 Å². The molecule has 1 aliphatic heterocycles. The van der Waals surface area contributed by atoms with Gasteiger partial charge in [-0.25, -0.2) is 13.1 Å². The van der Waals surface area contributed by atoms with Crippen LogP contribution >= 0.6 is 0 Å². The first kappa shape index (κ1) is 22.1. The molecule has 0 aromatic heterocycles. The zero-order valence-corrected chi connectivity index (χ0v) is 16.8. The van der Waals surface area contributed by atoms with E-state index < -0.39 is 22.5 Å². The van der Waals surface area contributed by atoms with Gasteiger partial charge in [-0.2, -0.15) is 8.78 Å². The molecule has 7 nitrogen and oxygen atoms in total. The lowest BCUT2D eigenvalue weighted by molar-refractivity contribution is -0.0498. The second-order valence-electron chi connectivity index (χ2n) is 6.72. The molecule has 0 saturated carbocycles. The van der Waals surface area contributed by atoms with Crippen molar-refractivity contribution in [3.8, 4) is 5.75 Å². The van der Waals surface area contributed by atoms with Gasteiger partial charge in [0, 0.05) is 25.3 Å². The lowest BCUT2D eigenvalue weighted by Crippen LogP contribution is -2.32. The van der Waals surface area contributed by atoms with Crippen molar-refractivity contribution in [2.24, 2.45) is 0 Å². The normalized spacial score (nSPS) is 16.6. The Balaban J connectivity index is 1.58. The first-order valence-corrected chi connectivity index (χ1v) is 10.8. The molecule has 1 heterocycles. The van der Waals surface area contributed by atoms with Crippen LogP contribution in [0.4, 0.5) is 8.78 Å². The summed E-state index contributed by atoms with van der Waals surface area (Å²) < 4.78 is 61.5. The maximum absolute atomic E-state index is 12.5. The second kappa shape index (κ2) is 9.96. The largest absolute Gasteiger partial charge is 0.435 e. The van der Waals surface area contributed by atoms with E-state index in [-0.39, 0.29) is 35.4 Å². The van der Waals surface area contributed by atoms with Crippen LogP contribution in [0.3, 0.4) is 0 Å². The Kier molecular flexibility index (Phi) is 7.35. The van der Waals surface area contributed by atoms with Crippen molar-refractivity contribution < 1.29 is 31.5 Å². The number of carbonyl (C=O) groups is 1. The van der Waals surface area contributed by atoms with Crippen LogP contribution in [0.1, 0.15) is 28.8 Å². The van der Waals surface area contributed by atoms with E-state index in [0.717, 1.165) is 12.8 Å². The predicted molar refractivity (Wildman–Crippen MR) is 105 cm³/mol. The molecule has 0 bridgehead atoms. The highest BCUT2D eigenvalue weighted by molar-refractivity contribution is 7.89. The number of carbonyl (C=O) groups excluding carboxylic acids is 1. The van der Waals surface area contributed by atoms with Crippen LogP contribution in [-0.2, 0) is 21.3 Å². The van der Waals surface area contributed by atoms with Gasteiger partial charge in [-0.05, 0) is 48.7 Å². The lowest BCUT2D eigenvalue weighted by Gasteiger charge is -2.12. The minimum atomic E-state index is -3.77. The van der Waals surface area contributed by atoms with E-state index in [1.54, 1.807) is 12.1 Å². The Bertz CT molecular complexity index is 961. The van der Waals surface area contributed by atoms with Crippen LogP contribution in [0.5, 0.6) is 5.75 Å². The molecule has 0 aliphatic carbocycles. The molecule has 2 aromatic rings. The van der Waals surface area contributed by atoms with Crippen LogP contribution in [0, 0.1) is 0 Å². The molecular formula is C20H22F2N2O5S. The number of nitrogens with one attached hydrogen (secondary N) is 2. The van der Waals surface area contributed by atoms with Crippen molar-refractivity contribution in [2.45, 2.75) is 37.0 Å². The monoisotopic (exact) mass is 440 g/mol. The van der Waals surface area contributed by atoms with Crippen molar-refractivity contribution in [2.75, 3.05) is 13.2 Å². The van der Waals surface area contributed by atoms with Gasteiger partial charge in [-0.15, -0.1) is 0 Å². The van der Waals surface area contributed by atoms with Gasteiger partial charge in [0.25, 0.3) is 5.91 Å². The van der Waals surface area contributed by atoms with E-state index in [9.17, 15) is 22.0 Å². The predicted octanol–water partition coefficient (Wildman–Crippen LogP) is 2.68. The Hall–Kier alpha value is -2.56. The Morgan fingerprint density at radius 3 is 2.63 bits per heavy atom. The highest BCUT2D eigenvalue weighted by Crippen LogP contribution is 2.16. The van der Waals surface area contributed by atoms with Gasteiger partial charge in [-0.3, -0.25) is 4.79 Å². The molecule has 3 rings (SSSR count). The maximum Gasteiger partial charge on any atom is 0.387 e. The molecule has 2 N–H and O–H groups in total. The number of ether oxygens (including phenoxy) is 2. The summed E-state index contributed by atoms with van der Waals surface area (Å²) in [5.74, 6) is -0.437. The molecule has 1 atom stereocenters. The summed E-state index contributed by atoms with van der Waals surface area (Å²) in [6.45, 7) is -1.95. The van der Waals surface area contributed by atoms with E-state index in [0.29, 0.717) is 12.2 Å². The Morgan fingerprint density at radius 1 is 1.20 bits per heavy atom. The van der Waals surface area contributed by atoms with E-state index in [1.165, 1.54) is 36.4 Å². The average molecular weight is 440 g/mol. The van der Waals surface area contributed by atoms with Gasteiger partial charge >= 0.3 is 6.61 Å². The van der Waals surface area contributed by atoms with E-state index >= 15 is 0 Å². The number of hydrogen-bond acceptors (Lipinski definition) is 5. The van der Waals surface area contributed by atoms with Crippen LogP contribution in [-0.4, -0.2) is 40.2 Å². The first-order valence-electron chi connectivity index (χ1n) is 9.37. The van der Waals surface area contributed by atoms with Crippen molar-refractivity contribution in [3.63, 3.8) is 0 Å². The van der Waals surface area contributed by atoms with Crippen LogP contribution < -0.4 is 14.8 Å². The quantitative estimate of drug-likeness (QED) is 0.625. The molecule has 1 unspecified atom stereocenters. The lowest BCUT2D eigenvalue weighted by atomic mass is 10.2. The van der Waals surface area contributed by atoms with Gasteiger partial charge in [0.05, 0.1) is 11.0 Å². The topological polar surface area (TPSA) is 93.7 Å². The summed E-state index contributed by atoms with van der Waals surface area (Å²) in [5, 5.41) is 2.67. The molecule has 1 amide bonds. The second-order valence-corrected chi connectivity index (χ2v) is 8.49. The van der Waals surface area contributed by atoms with Crippen molar-refractivity contribution in [1.29, 1.82) is 0 Å². The fourth-order valence-corrected chi connectivity index (χ4v) is 4.08. The van der Waals surface area contributed by atoms with E-state index in [1.807, 2.05) is 0 Å². The van der Waals surface area contributed by atoms with E-state index in [2.05, 4.69) is 14.8 Å². The van der Waals surface area contributed by atoms with Crippen molar-refractivity contribution in [3.05, 3.63) is 59.7 Å². The third-order valence-electron chi connectivity index (χ3n) is 4.53. The third-order valence-corrected chi connectivity index (χ3v) is 5.95. The summed E-state index contributed by atoms with van der Waals surface area (Å²) in [5.41, 5.74) is 0.861. The summed E-state index contributed by atoms with van der Waals surface area (Å²) in [4.78, 5) is 12.4. The van der Waals surface area contributed by atoms with Crippen LogP contribution in [0.25, 0.3) is 0 Å². The van der Waals surface area contributed by atoms with Crippen molar-refractivity contribution in [1.82, 2.24) is 10.0 Å². The zero-order valence-electron chi connectivity index (χ0n) is 16.0. The number of rotatable bonds is 9. The number of hydrogen-bond donors (Lipinski definition) is 2. The van der Waals surface area contributed by atoms with Gasteiger partial charge in [-0.1, -0.05) is 18.2 Å². The molecule has 1 fully saturated rings. The maximum atomic E-state index is 12.5. The van der Waals surface area contributed by atoms with Crippen LogP contribution in [0.15, 0.2) is 53.4 Å². The van der Waals surface area contributed by atoms with Crippen molar-refractivity contribution >= 4 is 15.9 Å². The number of alkyl halides is 2. The minimum absolute atomic E-state index is 0.0124. The SMILES string of the molecule is O=C(NCc1ccc(OC(F)F)cc1)c1cccc(S(=O)(=O)NCC2CCCO2)c1. The zero-order chi connectivity index (χ0) is 21.6. The fraction of sp³-hybridized carbons (Fsp3) is 0.350. The van der Waals surface area contributed by atoms with Gasteiger partial charge in [0.2, 0.25) is 10.0 Å². The number of halogens is 2. The summed E-state index contributed by atoms with van der Waals surface area (Å²) in [6, 6.07) is 11.6. The molecule has 0 spiro atoms. The molecular weight excluding hydrogens is 418 g/mol. The molecule has 30 heavy (non-hydrogen) atoms. The number of sulfonamides is 1. The summed E-state index contributed by atoms with van der Waals surface area (Å²) in [6.07, 6.45) is 1.58. The first-order chi connectivity index (χ1) is 14.3. The molecule has 1 aliphatic rings. The molecule has 2 aromatic carbocycles. The number of benzene rings is 2. The highest BCUT2D eigenvalue weighted by Gasteiger charge is 2.21. The van der Waals surface area contributed by atoms with Gasteiger partial charge < -0.3 is 14.8 Å². The Labute approximate surface area is 173 Å². The summed E-state index contributed by atoms with van der Waals surface area (Å²) >= 11 is 0. The van der Waals surface area contributed by atoms with Gasteiger partial charge in [0.1, 0.15) is 5.75 Å². The Morgan fingerprint density at radius 2 is 1.97 bits per heavy atom. The fourth-order valence-electron chi connectivity index (χ4n) is 2.97. The number of amides is 1. The van der Waals surface area contributed by atoms with E-state index in [4.69, 9.17) is 4.74 Å². The summed E-state index contributed by atoms with van der Waals surface area (Å²) in [7, 11) is -3.77.